The zero-order valence-electron chi connectivity index (χ0n) is 14.6. The van der Waals surface area contributed by atoms with E-state index in [-0.39, 0.29) is 18.8 Å². The van der Waals surface area contributed by atoms with E-state index in [2.05, 4.69) is 20.8 Å². The number of carboxylic acids is 1. The largest absolute Gasteiger partial charge is 0.476 e. The van der Waals surface area contributed by atoms with Gasteiger partial charge in [0.25, 0.3) is 0 Å². The number of hydrogen-bond acceptors (Lipinski definition) is 5. The normalized spacial score (nSPS) is 12.4. The molecule has 2 aromatic rings. The Morgan fingerprint density at radius 2 is 1.82 bits per heavy atom. The van der Waals surface area contributed by atoms with Crippen LogP contribution in [0.15, 0.2) is 24.5 Å². The van der Waals surface area contributed by atoms with Crippen molar-refractivity contribution in [1.29, 1.82) is 0 Å². The number of nitrogens with zero attached hydrogens (tertiary/aromatic N) is 4. The summed E-state index contributed by atoms with van der Waals surface area (Å²) in [6.07, 6.45) is -2.18. The van der Waals surface area contributed by atoms with Crippen molar-refractivity contribution in [3.8, 4) is 0 Å². The van der Waals surface area contributed by atoms with Crippen molar-refractivity contribution in [1.82, 2.24) is 30.2 Å². The van der Waals surface area contributed by atoms with E-state index in [0.717, 1.165) is 16.9 Å². The number of hydrogen-bond donors (Lipinski definition) is 3. The van der Waals surface area contributed by atoms with Crippen molar-refractivity contribution < 1.29 is 32.7 Å². The van der Waals surface area contributed by atoms with E-state index in [1.165, 1.54) is 23.9 Å². The third kappa shape index (κ3) is 5.56. The number of aromatic carboxylic acids is 1. The monoisotopic (exact) mass is 402 g/mol. The number of rotatable bonds is 8. The number of nitrogens with one attached hydrogen (secondary N) is 2. The Morgan fingerprint density at radius 3 is 2.39 bits per heavy atom. The highest BCUT2D eigenvalue weighted by Gasteiger charge is 2.33. The third-order valence-corrected chi connectivity index (χ3v) is 3.59. The lowest BCUT2D eigenvalue weighted by Crippen LogP contribution is -2.38. The molecule has 0 spiro atoms. The van der Waals surface area contributed by atoms with E-state index in [0.29, 0.717) is 0 Å². The topological polar surface area (TPSA) is 131 Å². The summed E-state index contributed by atoms with van der Waals surface area (Å²) in [6.45, 7) is 1.23. The number of aromatic nitrogens is 4. The van der Waals surface area contributed by atoms with Crippen LogP contribution in [0.4, 0.5) is 13.2 Å². The Morgan fingerprint density at radius 1 is 1.14 bits per heavy atom. The lowest BCUT2D eigenvalue weighted by atomic mass is 10.3. The van der Waals surface area contributed by atoms with Crippen LogP contribution in [0.5, 0.6) is 0 Å². The first-order valence-electron chi connectivity index (χ1n) is 8.01. The fraction of sp³-hybridized carbons (Fsp3) is 0.400. The molecule has 13 heteroatoms. The Bertz CT molecular complexity index is 860. The molecule has 0 aliphatic carbocycles. The van der Waals surface area contributed by atoms with Crippen molar-refractivity contribution in [2.45, 2.75) is 25.7 Å². The van der Waals surface area contributed by atoms with E-state index in [9.17, 15) is 27.6 Å². The molecule has 2 aromatic heterocycles. The Hall–Kier alpha value is -3.38. The smallest absolute Gasteiger partial charge is 0.435 e. The summed E-state index contributed by atoms with van der Waals surface area (Å²) in [6, 6.07) is 1.25. The molecule has 28 heavy (non-hydrogen) atoms. The average Bonchev–Trinajstić information content (AvgIpc) is 3.27. The zero-order chi connectivity index (χ0) is 20.9. The van der Waals surface area contributed by atoms with Crippen molar-refractivity contribution in [3.63, 3.8) is 0 Å². The molecule has 10 nitrogen and oxygen atoms in total. The maximum atomic E-state index is 12.4. The Labute approximate surface area is 156 Å². The number of carbonyl (C=O) groups excluding carboxylic acids is 2. The SMILES string of the molecule is CC(C(=O)NCCNC(=O)Cn1ccc(C(F)(F)F)n1)n1ccc(C(=O)O)n1. The standard InChI is InChI=1S/C15H17F3N6O4/c1-9(24-7-2-10(21-24)14(27)28)13(26)20-5-4-19-12(25)8-23-6-3-11(22-23)15(16,17)18/h2-3,6-7,9H,4-5,8H2,1H3,(H,19,25)(H,20,26)(H,27,28). The number of amides is 2. The molecular formula is C15H17F3N6O4. The van der Waals surface area contributed by atoms with Gasteiger partial charge in [-0.15, -0.1) is 0 Å². The highest BCUT2D eigenvalue weighted by molar-refractivity contribution is 5.85. The van der Waals surface area contributed by atoms with E-state index in [1.807, 2.05) is 0 Å². The minimum Gasteiger partial charge on any atom is -0.476 e. The van der Waals surface area contributed by atoms with Crippen LogP contribution in [0.2, 0.25) is 0 Å². The quantitative estimate of drug-likeness (QED) is 0.544. The van der Waals surface area contributed by atoms with Gasteiger partial charge < -0.3 is 15.7 Å². The van der Waals surface area contributed by atoms with Crippen LogP contribution in [0.1, 0.15) is 29.1 Å². The van der Waals surface area contributed by atoms with E-state index in [4.69, 9.17) is 5.11 Å². The average molecular weight is 402 g/mol. The Kier molecular flexibility index (Phi) is 6.38. The van der Waals surface area contributed by atoms with Gasteiger partial charge in [0.15, 0.2) is 11.4 Å². The van der Waals surface area contributed by atoms with Gasteiger partial charge >= 0.3 is 12.1 Å². The zero-order valence-corrected chi connectivity index (χ0v) is 14.6. The molecule has 0 aliphatic rings. The second-order valence-corrected chi connectivity index (χ2v) is 5.70. The molecule has 2 heterocycles. The molecule has 0 saturated heterocycles. The summed E-state index contributed by atoms with van der Waals surface area (Å²) >= 11 is 0. The van der Waals surface area contributed by atoms with Crippen LogP contribution in [0.25, 0.3) is 0 Å². The maximum Gasteiger partial charge on any atom is 0.435 e. The second kappa shape index (κ2) is 8.54. The van der Waals surface area contributed by atoms with Gasteiger partial charge in [0.2, 0.25) is 11.8 Å². The van der Waals surface area contributed by atoms with Gasteiger partial charge in [0.05, 0.1) is 0 Å². The second-order valence-electron chi connectivity index (χ2n) is 5.70. The van der Waals surface area contributed by atoms with Crippen molar-refractivity contribution in [2.24, 2.45) is 0 Å². The third-order valence-electron chi connectivity index (χ3n) is 3.59. The first-order valence-corrected chi connectivity index (χ1v) is 8.01. The Balaban J connectivity index is 1.72. The van der Waals surface area contributed by atoms with Crippen LogP contribution in [0.3, 0.4) is 0 Å². The molecule has 1 unspecified atom stereocenters. The summed E-state index contributed by atoms with van der Waals surface area (Å²) in [4.78, 5) is 34.5. The molecular weight excluding hydrogens is 385 g/mol. The molecule has 0 aliphatic heterocycles. The van der Waals surface area contributed by atoms with Gasteiger partial charge in [-0.2, -0.15) is 23.4 Å². The van der Waals surface area contributed by atoms with E-state index >= 15 is 0 Å². The van der Waals surface area contributed by atoms with Gasteiger partial charge in [0, 0.05) is 25.5 Å². The predicted octanol–water partition coefficient (Wildman–Crippen LogP) is 0.290. The van der Waals surface area contributed by atoms with Crippen LogP contribution >= 0.6 is 0 Å². The molecule has 3 N–H and O–H groups in total. The number of carboxylic acid groups (broad SMARTS) is 1. The number of carbonyl (C=O) groups is 3. The van der Waals surface area contributed by atoms with Gasteiger partial charge in [-0.1, -0.05) is 0 Å². The number of alkyl halides is 3. The van der Waals surface area contributed by atoms with Crippen LogP contribution in [-0.2, 0) is 22.3 Å². The molecule has 0 aromatic carbocycles. The van der Waals surface area contributed by atoms with Crippen LogP contribution in [0, 0.1) is 0 Å². The van der Waals surface area contributed by atoms with Gasteiger partial charge in [-0.25, -0.2) is 4.79 Å². The highest BCUT2D eigenvalue weighted by Crippen LogP contribution is 2.27. The first kappa shape index (κ1) is 20.9. The minimum absolute atomic E-state index is 0.0458. The van der Waals surface area contributed by atoms with Crippen LogP contribution < -0.4 is 10.6 Å². The molecule has 0 radical (unpaired) electrons. The lowest BCUT2D eigenvalue weighted by molar-refractivity contribution is -0.141. The van der Waals surface area contributed by atoms with E-state index < -0.39 is 42.2 Å². The highest BCUT2D eigenvalue weighted by atomic mass is 19.4. The van der Waals surface area contributed by atoms with Crippen molar-refractivity contribution in [2.75, 3.05) is 13.1 Å². The molecule has 0 saturated carbocycles. The van der Waals surface area contributed by atoms with Gasteiger partial charge in [-0.05, 0) is 19.1 Å². The molecule has 1 atom stereocenters. The molecule has 152 valence electrons. The first-order chi connectivity index (χ1) is 13.1. The maximum absolute atomic E-state index is 12.4. The summed E-state index contributed by atoms with van der Waals surface area (Å²) < 4.78 is 39.4. The van der Waals surface area contributed by atoms with Crippen molar-refractivity contribution in [3.05, 3.63) is 35.9 Å². The van der Waals surface area contributed by atoms with E-state index in [1.54, 1.807) is 0 Å². The summed E-state index contributed by atoms with van der Waals surface area (Å²) in [5.74, 6) is -2.23. The fourth-order valence-electron chi connectivity index (χ4n) is 2.13. The summed E-state index contributed by atoms with van der Waals surface area (Å²) in [7, 11) is 0. The lowest BCUT2D eigenvalue weighted by Gasteiger charge is -2.13. The molecule has 2 rings (SSSR count). The summed E-state index contributed by atoms with van der Waals surface area (Å²) in [5, 5.41) is 20.8. The molecule has 0 fully saturated rings. The summed E-state index contributed by atoms with van der Waals surface area (Å²) in [5.41, 5.74) is -1.29. The number of halogens is 3. The van der Waals surface area contributed by atoms with Crippen LogP contribution in [-0.4, -0.2) is 55.5 Å². The minimum atomic E-state index is -4.58. The van der Waals surface area contributed by atoms with Gasteiger partial charge in [-0.3, -0.25) is 19.0 Å². The van der Waals surface area contributed by atoms with Crippen molar-refractivity contribution >= 4 is 17.8 Å². The fourth-order valence-corrected chi connectivity index (χ4v) is 2.13. The predicted molar refractivity (Wildman–Crippen MR) is 87.1 cm³/mol. The molecule has 0 bridgehead atoms. The molecule has 2 amide bonds. The van der Waals surface area contributed by atoms with Gasteiger partial charge in [0.1, 0.15) is 12.6 Å².